The van der Waals surface area contributed by atoms with Crippen LogP contribution < -0.4 is 5.32 Å². The molecular weight excluding hydrogens is 381 g/mol. The van der Waals surface area contributed by atoms with Crippen LogP contribution in [-0.4, -0.2) is 23.8 Å². The van der Waals surface area contributed by atoms with Crippen molar-refractivity contribution in [2.75, 3.05) is 13.6 Å². The van der Waals surface area contributed by atoms with Crippen LogP contribution in [-0.2, 0) is 6.42 Å². The molecular formula is C12H13ClIN3S. The van der Waals surface area contributed by atoms with Crippen LogP contribution in [0.15, 0.2) is 18.2 Å². The van der Waals surface area contributed by atoms with E-state index >= 15 is 0 Å². The minimum Gasteiger partial charge on any atom is -0.320 e. The first-order valence-electron chi connectivity index (χ1n) is 5.63. The summed E-state index contributed by atoms with van der Waals surface area (Å²) in [7, 11) is 1.96. The first kappa shape index (κ1) is 14.2. The Kier molecular flexibility index (Phi) is 5.35. The molecule has 1 aromatic carbocycles. The van der Waals surface area contributed by atoms with Crippen molar-refractivity contribution in [1.82, 2.24) is 15.5 Å². The Morgan fingerprint density at radius 3 is 2.94 bits per heavy atom. The van der Waals surface area contributed by atoms with E-state index in [1.54, 1.807) is 11.3 Å². The van der Waals surface area contributed by atoms with Gasteiger partial charge in [0.15, 0.2) is 0 Å². The van der Waals surface area contributed by atoms with E-state index < -0.39 is 0 Å². The van der Waals surface area contributed by atoms with Crippen LogP contribution in [0.5, 0.6) is 0 Å². The fourth-order valence-electron chi connectivity index (χ4n) is 1.52. The van der Waals surface area contributed by atoms with Crippen molar-refractivity contribution in [2.45, 2.75) is 12.8 Å². The molecule has 0 bridgehead atoms. The molecule has 0 atom stereocenters. The summed E-state index contributed by atoms with van der Waals surface area (Å²) in [6.45, 7) is 1.00. The van der Waals surface area contributed by atoms with Crippen molar-refractivity contribution in [3.8, 4) is 10.6 Å². The second kappa shape index (κ2) is 6.79. The minimum absolute atomic E-state index is 0.764. The van der Waals surface area contributed by atoms with Crippen LogP contribution in [0.4, 0.5) is 0 Å². The fraction of sp³-hybridized carbons (Fsp3) is 0.333. The third kappa shape index (κ3) is 3.63. The van der Waals surface area contributed by atoms with Crippen LogP contribution in [0.3, 0.4) is 0 Å². The van der Waals surface area contributed by atoms with Gasteiger partial charge in [0.05, 0.1) is 5.02 Å². The zero-order valence-electron chi connectivity index (χ0n) is 9.91. The Morgan fingerprint density at radius 1 is 1.39 bits per heavy atom. The van der Waals surface area contributed by atoms with Crippen molar-refractivity contribution in [2.24, 2.45) is 0 Å². The number of benzene rings is 1. The number of halogens is 2. The van der Waals surface area contributed by atoms with Gasteiger partial charge in [-0.2, -0.15) is 0 Å². The van der Waals surface area contributed by atoms with Gasteiger partial charge in [0.2, 0.25) is 0 Å². The first-order chi connectivity index (χ1) is 8.70. The second-order valence-corrected chi connectivity index (χ2v) is 6.47. The van der Waals surface area contributed by atoms with E-state index in [0.717, 1.165) is 43.6 Å². The molecule has 3 nitrogen and oxygen atoms in total. The number of hydrogen-bond acceptors (Lipinski definition) is 4. The maximum atomic E-state index is 6.11. The van der Waals surface area contributed by atoms with Gasteiger partial charge in [-0.15, -0.1) is 10.2 Å². The summed E-state index contributed by atoms with van der Waals surface area (Å²) < 4.78 is 1.05. The first-order valence-corrected chi connectivity index (χ1v) is 7.90. The molecule has 1 N–H and O–H groups in total. The number of aryl methyl sites for hydroxylation is 1. The molecule has 1 aromatic heterocycles. The van der Waals surface area contributed by atoms with Crippen LogP contribution in [0, 0.1) is 3.57 Å². The zero-order chi connectivity index (χ0) is 13.0. The summed E-state index contributed by atoms with van der Waals surface area (Å²) in [5.74, 6) is 0. The topological polar surface area (TPSA) is 37.8 Å². The fourth-order valence-corrected chi connectivity index (χ4v) is 2.91. The van der Waals surface area contributed by atoms with E-state index in [1.165, 1.54) is 0 Å². The van der Waals surface area contributed by atoms with Crippen molar-refractivity contribution in [3.05, 3.63) is 31.8 Å². The van der Waals surface area contributed by atoms with Crippen LogP contribution in [0.2, 0.25) is 5.02 Å². The molecule has 0 saturated heterocycles. The summed E-state index contributed by atoms with van der Waals surface area (Å²) in [6.07, 6.45) is 2.05. The number of nitrogens with one attached hydrogen (secondary N) is 1. The average molecular weight is 394 g/mol. The summed E-state index contributed by atoms with van der Waals surface area (Å²) in [4.78, 5) is 0. The van der Waals surface area contributed by atoms with Gasteiger partial charge in [0.1, 0.15) is 10.0 Å². The SMILES string of the molecule is CNCCCc1nnc(-c2ccc(I)c(Cl)c2)s1. The normalized spacial score (nSPS) is 10.8. The standard InChI is InChI=1S/C12H13ClIN3S/c1-15-6-2-3-11-16-17-12(18-11)8-4-5-10(14)9(13)7-8/h4-5,7,15H,2-3,6H2,1H3. The molecule has 0 saturated carbocycles. The molecule has 0 amide bonds. The summed E-state index contributed by atoms with van der Waals surface area (Å²) in [6, 6.07) is 5.98. The van der Waals surface area contributed by atoms with E-state index in [2.05, 4.69) is 38.1 Å². The Bertz CT molecular complexity index is 530. The highest BCUT2D eigenvalue weighted by atomic mass is 127. The van der Waals surface area contributed by atoms with E-state index in [4.69, 9.17) is 11.6 Å². The molecule has 2 rings (SSSR count). The molecule has 0 radical (unpaired) electrons. The maximum Gasteiger partial charge on any atom is 0.147 e. The predicted octanol–water partition coefficient (Wildman–Crippen LogP) is 3.62. The Morgan fingerprint density at radius 2 is 2.22 bits per heavy atom. The highest BCUT2D eigenvalue weighted by Crippen LogP contribution is 2.28. The quantitative estimate of drug-likeness (QED) is 0.623. The molecule has 0 spiro atoms. The van der Waals surface area contributed by atoms with Gasteiger partial charge >= 0.3 is 0 Å². The molecule has 18 heavy (non-hydrogen) atoms. The molecule has 0 aliphatic carbocycles. The van der Waals surface area contributed by atoms with Gasteiger partial charge in [0, 0.05) is 15.6 Å². The molecule has 2 aromatic rings. The van der Waals surface area contributed by atoms with Crippen molar-refractivity contribution in [3.63, 3.8) is 0 Å². The summed E-state index contributed by atoms with van der Waals surface area (Å²) >= 11 is 9.97. The smallest absolute Gasteiger partial charge is 0.147 e. The van der Waals surface area contributed by atoms with Gasteiger partial charge < -0.3 is 5.32 Å². The summed E-state index contributed by atoms with van der Waals surface area (Å²) in [5.41, 5.74) is 1.04. The van der Waals surface area contributed by atoms with Gasteiger partial charge in [-0.05, 0) is 54.7 Å². The molecule has 1 heterocycles. The predicted molar refractivity (Wildman–Crippen MR) is 85.3 cm³/mol. The molecule has 0 aliphatic rings. The molecule has 0 aliphatic heterocycles. The monoisotopic (exact) mass is 393 g/mol. The van der Waals surface area contributed by atoms with E-state index in [1.807, 2.05) is 25.2 Å². The lowest BCUT2D eigenvalue weighted by atomic mass is 10.2. The number of hydrogen-bond donors (Lipinski definition) is 1. The molecule has 0 fully saturated rings. The van der Waals surface area contributed by atoms with E-state index in [-0.39, 0.29) is 0 Å². The van der Waals surface area contributed by atoms with Crippen LogP contribution in [0.1, 0.15) is 11.4 Å². The average Bonchev–Trinajstić information content (AvgIpc) is 2.82. The van der Waals surface area contributed by atoms with Gasteiger partial charge in [-0.25, -0.2) is 0 Å². The van der Waals surface area contributed by atoms with E-state index in [0.29, 0.717) is 0 Å². The molecule has 0 unspecified atom stereocenters. The number of aromatic nitrogens is 2. The Balaban J connectivity index is 2.11. The largest absolute Gasteiger partial charge is 0.320 e. The van der Waals surface area contributed by atoms with Gasteiger partial charge in [-0.1, -0.05) is 29.0 Å². The minimum atomic E-state index is 0.764. The second-order valence-electron chi connectivity index (χ2n) is 3.84. The number of rotatable bonds is 5. The zero-order valence-corrected chi connectivity index (χ0v) is 13.6. The maximum absolute atomic E-state index is 6.11. The van der Waals surface area contributed by atoms with Crippen molar-refractivity contribution < 1.29 is 0 Å². The van der Waals surface area contributed by atoms with Crippen molar-refractivity contribution >= 4 is 45.5 Å². The Hall–Kier alpha value is -0.240. The highest BCUT2D eigenvalue weighted by molar-refractivity contribution is 14.1. The van der Waals surface area contributed by atoms with Gasteiger partial charge in [-0.3, -0.25) is 0 Å². The lowest BCUT2D eigenvalue weighted by molar-refractivity contribution is 0.718. The van der Waals surface area contributed by atoms with E-state index in [9.17, 15) is 0 Å². The third-order valence-corrected chi connectivity index (χ3v) is 5.06. The van der Waals surface area contributed by atoms with Crippen molar-refractivity contribution in [1.29, 1.82) is 0 Å². The van der Waals surface area contributed by atoms with Gasteiger partial charge in [0.25, 0.3) is 0 Å². The Labute approximate surface area is 129 Å². The molecule has 6 heteroatoms. The lowest BCUT2D eigenvalue weighted by Crippen LogP contribution is -2.08. The summed E-state index contributed by atoms with van der Waals surface area (Å²) in [5, 5.41) is 14.3. The third-order valence-electron chi connectivity index (χ3n) is 2.45. The van der Waals surface area contributed by atoms with Crippen LogP contribution >= 0.6 is 45.5 Å². The molecule has 96 valence electrons. The number of nitrogens with zero attached hydrogens (tertiary/aromatic N) is 2. The van der Waals surface area contributed by atoms with Crippen LogP contribution in [0.25, 0.3) is 10.6 Å². The highest BCUT2D eigenvalue weighted by Gasteiger charge is 2.08. The lowest BCUT2D eigenvalue weighted by Gasteiger charge is -1.98.